The van der Waals surface area contributed by atoms with Crippen molar-refractivity contribution in [2.75, 3.05) is 19.7 Å². The molecule has 1 heterocycles. The van der Waals surface area contributed by atoms with Crippen molar-refractivity contribution in [1.29, 1.82) is 0 Å². The Kier molecular flexibility index (Phi) is 5.30. The summed E-state index contributed by atoms with van der Waals surface area (Å²) in [6.07, 6.45) is 0. The van der Waals surface area contributed by atoms with E-state index in [0.717, 1.165) is 10.5 Å². The minimum atomic E-state index is -0.793. The Morgan fingerprint density at radius 3 is 2.33 bits per heavy atom. The number of hydrogen-bond donors (Lipinski definition) is 1. The molecule has 0 radical (unpaired) electrons. The first-order valence-corrected chi connectivity index (χ1v) is 8.43. The summed E-state index contributed by atoms with van der Waals surface area (Å²) in [5, 5.41) is 2.50. The van der Waals surface area contributed by atoms with E-state index < -0.39 is 24.5 Å². The summed E-state index contributed by atoms with van der Waals surface area (Å²) in [7, 11) is 0. The van der Waals surface area contributed by atoms with Gasteiger partial charge in [-0.25, -0.2) is 9.59 Å². The van der Waals surface area contributed by atoms with Gasteiger partial charge in [-0.15, -0.1) is 0 Å². The maximum absolute atomic E-state index is 12.7. The van der Waals surface area contributed by atoms with Crippen LogP contribution in [0.2, 0.25) is 0 Å². The van der Waals surface area contributed by atoms with Crippen LogP contribution in [0.25, 0.3) is 0 Å². The summed E-state index contributed by atoms with van der Waals surface area (Å²) in [5.41, 5.74) is 1.73. The zero-order valence-corrected chi connectivity index (χ0v) is 14.7. The molecule has 138 valence electrons. The minimum absolute atomic E-state index is 0.0711. The van der Waals surface area contributed by atoms with Gasteiger partial charge in [0.1, 0.15) is 0 Å². The third-order valence-electron chi connectivity index (χ3n) is 4.19. The first kappa shape index (κ1) is 18.3. The number of amides is 3. The van der Waals surface area contributed by atoms with Crippen LogP contribution in [-0.2, 0) is 9.53 Å². The van der Waals surface area contributed by atoms with Crippen LogP contribution in [0.1, 0.15) is 31.8 Å². The maximum atomic E-state index is 12.7. The van der Waals surface area contributed by atoms with Gasteiger partial charge in [0.2, 0.25) is 0 Å². The molecule has 0 bridgehead atoms. The summed E-state index contributed by atoms with van der Waals surface area (Å²) in [4.78, 5) is 49.6. The lowest BCUT2D eigenvalue weighted by molar-refractivity contribution is -0.130. The number of carbonyl (C=O) groups is 4. The fraction of sp³-hybridized carbons (Fsp3) is 0.200. The standard InChI is InChI=1S/C20H18N2O5/c1-13-6-8-14(9-7-13)18(24)15-4-2-3-5-16(15)19(25)27-12-17(23)22-11-10-21-20(22)26/h2-9H,10-12H2,1H3,(H,21,26). The van der Waals surface area contributed by atoms with Gasteiger partial charge in [-0.1, -0.05) is 48.0 Å². The average molecular weight is 366 g/mol. The van der Waals surface area contributed by atoms with Gasteiger partial charge in [0, 0.05) is 24.2 Å². The van der Waals surface area contributed by atoms with Gasteiger partial charge < -0.3 is 10.1 Å². The van der Waals surface area contributed by atoms with Crippen molar-refractivity contribution in [3.8, 4) is 0 Å². The van der Waals surface area contributed by atoms with Crippen molar-refractivity contribution in [2.24, 2.45) is 0 Å². The molecule has 7 nitrogen and oxygen atoms in total. The number of hydrogen-bond acceptors (Lipinski definition) is 5. The second-order valence-corrected chi connectivity index (χ2v) is 6.09. The highest BCUT2D eigenvalue weighted by Gasteiger charge is 2.27. The number of carbonyl (C=O) groups excluding carboxylic acids is 4. The van der Waals surface area contributed by atoms with Crippen LogP contribution < -0.4 is 5.32 Å². The third-order valence-corrected chi connectivity index (χ3v) is 4.19. The molecule has 1 saturated heterocycles. The van der Waals surface area contributed by atoms with Gasteiger partial charge in [-0.3, -0.25) is 14.5 Å². The Labute approximate surface area is 155 Å². The quantitative estimate of drug-likeness (QED) is 0.645. The lowest BCUT2D eigenvalue weighted by Gasteiger charge is -2.13. The van der Waals surface area contributed by atoms with Crippen molar-refractivity contribution < 1.29 is 23.9 Å². The van der Waals surface area contributed by atoms with Crippen LogP contribution in [0.3, 0.4) is 0 Å². The van der Waals surface area contributed by atoms with Gasteiger partial charge in [-0.05, 0) is 13.0 Å². The van der Waals surface area contributed by atoms with E-state index in [1.54, 1.807) is 24.3 Å². The number of benzene rings is 2. The fourth-order valence-corrected chi connectivity index (χ4v) is 2.71. The molecule has 0 saturated carbocycles. The Hall–Kier alpha value is -3.48. The molecule has 1 fully saturated rings. The molecule has 7 heteroatoms. The Bertz CT molecular complexity index is 905. The summed E-state index contributed by atoms with van der Waals surface area (Å²) in [5.74, 6) is -1.72. The molecule has 2 aromatic rings. The molecule has 3 amide bonds. The van der Waals surface area contributed by atoms with Crippen LogP contribution in [-0.4, -0.2) is 48.3 Å². The molecule has 0 atom stereocenters. The highest BCUT2D eigenvalue weighted by Crippen LogP contribution is 2.16. The van der Waals surface area contributed by atoms with E-state index in [9.17, 15) is 19.2 Å². The molecule has 0 unspecified atom stereocenters. The van der Waals surface area contributed by atoms with Gasteiger partial charge >= 0.3 is 12.0 Å². The van der Waals surface area contributed by atoms with E-state index in [4.69, 9.17) is 4.74 Å². The molecule has 1 N–H and O–H groups in total. The molecule has 0 spiro atoms. The second-order valence-electron chi connectivity index (χ2n) is 6.09. The number of esters is 1. The Morgan fingerprint density at radius 2 is 1.70 bits per heavy atom. The summed E-state index contributed by atoms with van der Waals surface area (Å²) in [6, 6.07) is 12.8. The highest BCUT2D eigenvalue weighted by molar-refractivity contribution is 6.14. The Balaban J connectivity index is 1.74. The number of ketones is 1. The SMILES string of the molecule is Cc1ccc(C(=O)c2ccccc2C(=O)OCC(=O)N2CCNC2=O)cc1. The smallest absolute Gasteiger partial charge is 0.339 e. The van der Waals surface area contributed by atoms with Gasteiger partial charge in [0.15, 0.2) is 12.4 Å². The van der Waals surface area contributed by atoms with Gasteiger partial charge in [0.05, 0.1) is 5.56 Å². The fourth-order valence-electron chi connectivity index (χ4n) is 2.71. The van der Waals surface area contributed by atoms with Crippen LogP contribution in [0.5, 0.6) is 0 Å². The number of nitrogens with one attached hydrogen (secondary N) is 1. The number of imide groups is 1. The van der Waals surface area contributed by atoms with Crippen molar-refractivity contribution in [3.05, 3.63) is 70.8 Å². The molecule has 3 rings (SSSR count). The third kappa shape index (κ3) is 4.03. The van der Waals surface area contributed by atoms with Gasteiger partial charge in [0.25, 0.3) is 5.91 Å². The van der Waals surface area contributed by atoms with Gasteiger partial charge in [-0.2, -0.15) is 0 Å². The first-order chi connectivity index (χ1) is 13.0. The minimum Gasteiger partial charge on any atom is -0.452 e. The second kappa shape index (κ2) is 7.82. The first-order valence-electron chi connectivity index (χ1n) is 8.43. The van der Waals surface area contributed by atoms with Crippen molar-refractivity contribution in [1.82, 2.24) is 10.2 Å². The lowest BCUT2D eigenvalue weighted by Crippen LogP contribution is -2.37. The van der Waals surface area contributed by atoms with Crippen molar-refractivity contribution in [2.45, 2.75) is 6.92 Å². The summed E-state index contributed by atoms with van der Waals surface area (Å²) >= 11 is 0. The van der Waals surface area contributed by atoms with Crippen LogP contribution in [0.4, 0.5) is 4.79 Å². The van der Waals surface area contributed by atoms with Crippen molar-refractivity contribution >= 4 is 23.7 Å². The van der Waals surface area contributed by atoms with Crippen LogP contribution >= 0.6 is 0 Å². The largest absolute Gasteiger partial charge is 0.452 e. The highest BCUT2D eigenvalue weighted by atomic mass is 16.5. The molecular weight excluding hydrogens is 348 g/mol. The molecule has 2 aromatic carbocycles. The number of rotatable bonds is 5. The zero-order valence-electron chi connectivity index (χ0n) is 14.7. The predicted molar refractivity (Wildman–Crippen MR) is 96.4 cm³/mol. The van der Waals surface area contributed by atoms with E-state index in [1.807, 2.05) is 19.1 Å². The monoisotopic (exact) mass is 366 g/mol. The molecule has 27 heavy (non-hydrogen) atoms. The maximum Gasteiger partial charge on any atom is 0.339 e. The summed E-state index contributed by atoms with van der Waals surface area (Å²) < 4.78 is 5.03. The van der Waals surface area contributed by atoms with E-state index in [1.165, 1.54) is 12.1 Å². The number of nitrogens with zero attached hydrogens (tertiary/aromatic N) is 1. The lowest BCUT2D eigenvalue weighted by atomic mass is 9.98. The number of ether oxygens (including phenoxy) is 1. The average Bonchev–Trinajstić information content (AvgIpc) is 3.12. The topological polar surface area (TPSA) is 92.8 Å². The normalized spacial score (nSPS) is 13.2. The molecular formula is C20H18N2O5. The number of aryl methyl sites for hydroxylation is 1. The zero-order chi connectivity index (χ0) is 19.4. The van der Waals surface area contributed by atoms with E-state index in [2.05, 4.69) is 5.32 Å². The van der Waals surface area contributed by atoms with E-state index in [-0.39, 0.29) is 23.5 Å². The van der Waals surface area contributed by atoms with E-state index >= 15 is 0 Å². The van der Waals surface area contributed by atoms with E-state index in [0.29, 0.717) is 12.1 Å². The molecule has 0 aromatic heterocycles. The van der Waals surface area contributed by atoms with Crippen LogP contribution in [0.15, 0.2) is 48.5 Å². The molecule has 1 aliphatic heterocycles. The van der Waals surface area contributed by atoms with Crippen molar-refractivity contribution in [3.63, 3.8) is 0 Å². The summed E-state index contributed by atoms with van der Waals surface area (Å²) in [6.45, 7) is 1.95. The number of urea groups is 1. The predicted octanol–water partition coefficient (Wildman–Crippen LogP) is 1.93. The molecule has 0 aliphatic carbocycles. The Morgan fingerprint density at radius 1 is 1.04 bits per heavy atom. The molecule has 1 aliphatic rings. The van der Waals surface area contributed by atoms with Crippen LogP contribution in [0, 0.1) is 6.92 Å².